The molecule has 4 heteroatoms. The number of benzene rings is 1. The summed E-state index contributed by atoms with van der Waals surface area (Å²) in [6.45, 7) is 11.0. The molecule has 0 radical (unpaired) electrons. The van der Waals surface area contributed by atoms with E-state index in [4.69, 9.17) is 9.47 Å². The van der Waals surface area contributed by atoms with Gasteiger partial charge in [0, 0.05) is 12.3 Å². The molecular weight excluding hydrogens is 266 g/mol. The maximum Gasteiger partial charge on any atom is 0.256 e. The zero-order valence-corrected chi connectivity index (χ0v) is 13.8. The number of anilines is 1. The van der Waals surface area contributed by atoms with Gasteiger partial charge in [0.15, 0.2) is 0 Å². The molecule has 1 aromatic rings. The summed E-state index contributed by atoms with van der Waals surface area (Å²) in [5.41, 5.74) is 0.978. The Morgan fingerprint density at radius 2 is 2.00 bits per heavy atom. The van der Waals surface area contributed by atoms with Crippen LogP contribution in [-0.4, -0.2) is 24.7 Å². The summed E-state index contributed by atoms with van der Waals surface area (Å²) in [7, 11) is 0. The predicted octanol–water partition coefficient (Wildman–Crippen LogP) is 3.93. The number of hydrogen-bond acceptors (Lipinski definition) is 3. The lowest BCUT2D eigenvalue weighted by molar-refractivity contribution is -0.139. The molecule has 0 bridgehead atoms. The van der Waals surface area contributed by atoms with Crippen LogP contribution in [0.25, 0.3) is 0 Å². The van der Waals surface area contributed by atoms with E-state index in [2.05, 4.69) is 5.32 Å². The number of amides is 1. The van der Waals surface area contributed by atoms with Crippen LogP contribution in [0, 0.1) is 6.92 Å². The maximum atomic E-state index is 12.4. The van der Waals surface area contributed by atoms with Gasteiger partial charge < -0.3 is 14.8 Å². The summed E-state index contributed by atoms with van der Waals surface area (Å²) in [6.07, 6.45) is 1.53. The minimum absolute atomic E-state index is 0.109. The van der Waals surface area contributed by atoms with Gasteiger partial charge >= 0.3 is 0 Å². The molecule has 1 amide bonds. The average Bonchev–Trinajstić information content (AvgIpc) is 2.47. The van der Waals surface area contributed by atoms with Gasteiger partial charge in [0.05, 0.1) is 6.61 Å². The first-order valence-corrected chi connectivity index (χ1v) is 7.65. The van der Waals surface area contributed by atoms with Crippen molar-refractivity contribution in [1.82, 2.24) is 0 Å². The number of aryl methyl sites for hydroxylation is 1. The highest BCUT2D eigenvalue weighted by Crippen LogP contribution is 2.24. The molecule has 1 atom stereocenters. The third kappa shape index (κ3) is 4.74. The van der Waals surface area contributed by atoms with Gasteiger partial charge in [-0.3, -0.25) is 4.79 Å². The van der Waals surface area contributed by atoms with E-state index >= 15 is 0 Å². The molecule has 4 nitrogen and oxygen atoms in total. The van der Waals surface area contributed by atoms with Crippen LogP contribution in [0.4, 0.5) is 5.69 Å². The third-order valence-electron chi connectivity index (χ3n) is 3.51. The minimum atomic E-state index is -0.789. The Morgan fingerprint density at radius 1 is 1.29 bits per heavy atom. The number of rotatable bonds is 8. The molecule has 0 aliphatic heterocycles. The maximum absolute atomic E-state index is 12.4. The van der Waals surface area contributed by atoms with Gasteiger partial charge in [-0.1, -0.05) is 13.8 Å². The Hall–Kier alpha value is -1.55. The topological polar surface area (TPSA) is 47.6 Å². The second-order valence-corrected chi connectivity index (χ2v) is 5.30. The highest BCUT2D eigenvalue weighted by atomic mass is 16.5. The predicted molar refractivity (Wildman–Crippen MR) is 85.9 cm³/mol. The summed E-state index contributed by atoms with van der Waals surface area (Å²) in [6, 6.07) is 5.65. The van der Waals surface area contributed by atoms with Gasteiger partial charge in [-0.2, -0.15) is 0 Å². The van der Waals surface area contributed by atoms with Gasteiger partial charge in [0.25, 0.3) is 5.91 Å². The molecule has 0 aromatic heterocycles. The van der Waals surface area contributed by atoms with E-state index in [0.717, 1.165) is 23.4 Å². The molecule has 0 saturated heterocycles. The van der Waals surface area contributed by atoms with Crippen molar-refractivity contribution in [3.63, 3.8) is 0 Å². The third-order valence-corrected chi connectivity index (χ3v) is 3.51. The molecule has 0 aliphatic carbocycles. The fourth-order valence-corrected chi connectivity index (χ4v) is 1.96. The summed E-state index contributed by atoms with van der Waals surface area (Å²) in [5, 5.41) is 2.93. The van der Waals surface area contributed by atoms with Crippen molar-refractivity contribution in [3.8, 4) is 5.75 Å². The number of hydrogen-bond donors (Lipinski definition) is 1. The van der Waals surface area contributed by atoms with Crippen LogP contribution in [0.1, 0.15) is 46.1 Å². The van der Waals surface area contributed by atoms with Gasteiger partial charge in [-0.05, 0) is 57.4 Å². The molecule has 0 spiro atoms. The first kappa shape index (κ1) is 17.5. The summed E-state index contributed by atoms with van der Waals surface area (Å²) >= 11 is 0. The van der Waals surface area contributed by atoms with Crippen molar-refractivity contribution >= 4 is 11.6 Å². The van der Waals surface area contributed by atoms with Crippen molar-refractivity contribution in [2.75, 3.05) is 18.5 Å². The molecule has 0 unspecified atom stereocenters. The van der Waals surface area contributed by atoms with E-state index in [0.29, 0.717) is 19.6 Å². The number of carbonyl (C=O) groups is 1. The zero-order chi connectivity index (χ0) is 15.9. The Labute approximate surface area is 127 Å². The highest BCUT2D eigenvalue weighted by molar-refractivity contribution is 5.97. The molecule has 118 valence electrons. The van der Waals surface area contributed by atoms with Crippen molar-refractivity contribution in [2.24, 2.45) is 0 Å². The highest BCUT2D eigenvalue weighted by Gasteiger charge is 2.32. The fourth-order valence-electron chi connectivity index (χ4n) is 1.96. The average molecular weight is 293 g/mol. The summed E-state index contributed by atoms with van der Waals surface area (Å²) < 4.78 is 11.2. The number of nitrogens with one attached hydrogen (secondary N) is 1. The van der Waals surface area contributed by atoms with E-state index in [1.165, 1.54) is 0 Å². The normalized spacial score (nSPS) is 13.6. The smallest absolute Gasteiger partial charge is 0.256 e. The van der Waals surface area contributed by atoms with Crippen LogP contribution < -0.4 is 10.1 Å². The van der Waals surface area contributed by atoms with Gasteiger partial charge in [-0.15, -0.1) is 0 Å². The van der Waals surface area contributed by atoms with E-state index in [9.17, 15) is 4.79 Å². The standard InChI is InChI=1S/C17H27NO3/c1-6-11-21-17(5,7-2)16(19)18-14-9-10-15(20-8-3)13(4)12-14/h9-10,12H,6-8,11H2,1-5H3,(H,18,19)/t17-/m1/s1. The van der Waals surface area contributed by atoms with Crippen molar-refractivity contribution < 1.29 is 14.3 Å². The van der Waals surface area contributed by atoms with Crippen LogP contribution >= 0.6 is 0 Å². The van der Waals surface area contributed by atoms with Crippen molar-refractivity contribution in [2.45, 2.75) is 53.1 Å². The van der Waals surface area contributed by atoms with E-state index in [1.54, 1.807) is 0 Å². The Balaban J connectivity index is 2.79. The Morgan fingerprint density at radius 3 is 2.52 bits per heavy atom. The first-order chi connectivity index (χ1) is 9.96. The lowest BCUT2D eigenvalue weighted by Crippen LogP contribution is -2.42. The second kappa shape index (κ2) is 8.03. The van der Waals surface area contributed by atoms with E-state index < -0.39 is 5.60 Å². The van der Waals surface area contributed by atoms with Crippen LogP contribution in [0.15, 0.2) is 18.2 Å². The molecule has 1 N–H and O–H groups in total. The first-order valence-electron chi connectivity index (χ1n) is 7.65. The molecule has 1 rings (SSSR count). The zero-order valence-electron chi connectivity index (χ0n) is 13.8. The molecule has 0 aliphatic rings. The summed E-state index contributed by atoms with van der Waals surface area (Å²) in [4.78, 5) is 12.4. The number of carbonyl (C=O) groups excluding carboxylic acids is 1. The Kier molecular flexibility index (Phi) is 6.69. The van der Waals surface area contributed by atoms with Crippen LogP contribution in [-0.2, 0) is 9.53 Å². The van der Waals surface area contributed by atoms with Gasteiger partial charge in [-0.25, -0.2) is 0 Å². The molecule has 0 heterocycles. The fraction of sp³-hybridized carbons (Fsp3) is 0.588. The lowest BCUT2D eigenvalue weighted by atomic mass is 10.0. The molecule has 0 saturated carbocycles. The van der Waals surface area contributed by atoms with Crippen LogP contribution in [0.2, 0.25) is 0 Å². The van der Waals surface area contributed by atoms with Crippen molar-refractivity contribution in [1.29, 1.82) is 0 Å². The summed E-state index contributed by atoms with van der Waals surface area (Å²) in [5.74, 6) is 0.734. The van der Waals surface area contributed by atoms with Crippen molar-refractivity contribution in [3.05, 3.63) is 23.8 Å². The van der Waals surface area contributed by atoms with Gasteiger partial charge in [0.1, 0.15) is 11.4 Å². The quantitative estimate of drug-likeness (QED) is 0.790. The van der Waals surface area contributed by atoms with E-state index in [-0.39, 0.29) is 5.91 Å². The molecule has 1 aromatic carbocycles. The van der Waals surface area contributed by atoms with Crippen LogP contribution in [0.3, 0.4) is 0 Å². The molecule has 0 fully saturated rings. The SMILES string of the molecule is CCCO[C@](C)(CC)C(=O)Nc1ccc(OCC)c(C)c1. The number of ether oxygens (including phenoxy) is 2. The molecular formula is C17H27NO3. The van der Waals surface area contributed by atoms with Gasteiger partial charge in [0.2, 0.25) is 0 Å². The Bertz CT molecular complexity index is 473. The lowest BCUT2D eigenvalue weighted by Gasteiger charge is -2.27. The van der Waals surface area contributed by atoms with Crippen LogP contribution in [0.5, 0.6) is 5.75 Å². The minimum Gasteiger partial charge on any atom is -0.494 e. The second-order valence-electron chi connectivity index (χ2n) is 5.30. The largest absolute Gasteiger partial charge is 0.494 e. The molecule has 21 heavy (non-hydrogen) atoms. The van der Waals surface area contributed by atoms with E-state index in [1.807, 2.05) is 52.8 Å². The monoisotopic (exact) mass is 293 g/mol.